The summed E-state index contributed by atoms with van der Waals surface area (Å²) in [5, 5.41) is 0. The molecule has 0 N–H and O–H groups in total. The van der Waals surface area contributed by atoms with Crippen molar-refractivity contribution in [2.45, 2.75) is 19.8 Å². The van der Waals surface area contributed by atoms with E-state index in [9.17, 15) is 22.0 Å². The Bertz CT molecular complexity index is 1160. The summed E-state index contributed by atoms with van der Waals surface area (Å²) in [4.78, 5) is 0. The van der Waals surface area contributed by atoms with E-state index in [1.807, 2.05) is 6.92 Å². The van der Waals surface area contributed by atoms with Crippen LogP contribution in [0.4, 0.5) is 22.0 Å². The van der Waals surface area contributed by atoms with E-state index in [2.05, 4.69) is 23.7 Å². The smallest absolute Gasteiger partial charge is 0.194 e. The van der Waals surface area contributed by atoms with Gasteiger partial charge >= 0.3 is 0 Å². The fourth-order valence-electron chi connectivity index (χ4n) is 2.72. The van der Waals surface area contributed by atoms with E-state index in [0.29, 0.717) is 23.1 Å². The molecule has 30 heavy (non-hydrogen) atoms. The second-order valence-electron chi connectivity index (χ2n) is 6.52. The van der Waals surface area contributed by atoms with Crippen LogP contribution in [-0.4, -0.2) is 0 Å². The van der Waals surface area contributed by atoms with Gasteiger partial charge in [-0.25, -0.2) is 22.0 Å². The van der Waals surface area contributed by atoms with Crippen molar-refractivity contribution in [3.8, 4) is 23.7 Å². The minimum absolute atomic E-state index is 0.00672. The van der Waals surface area contributed by atoms with Gasteiger partial charge in [-0.1, -0.05) is 37.0 Å². The van der Waals surface area contributed by atoms with Crippen LogP contribution in [0.2, 0.25) is 0 Å². The Morgan fingerprint density at radius 1 is 0.600 bits per heavy atom. The number of benzene rings is 3. The molecule has 3 aromatic carbocycles. The first kappa shape index (κ1) is 21.1. The molecule has 0 nitrogen and oxygen atoms in total. The van der Waals surface area contributed by atoms with Crippen molar-refractivity contribution in [2.75, 3.05) is 0 Å². The topological polar surface area (TPSA) is 0 Å². The van der Waals surface area contributed by atoms with Gasteiger partial charge in [0.2, 0.25) is 0 Å². The molecule has 0 aliphatic carbocycles. The maximum atomic E-state index is 14.1. The van der Waals surface area contributed by atoms with Gasteiger partial charge in [0.15, 0.2) is 17.5 Å². The molecule has 5 heteroatoms. The zero-order valence-corrected chi connectivity index (χ0v) is 15.9. The minimum atomic E-state index is -1.55. The second-order valence-corrected chi connectivity index (χ2v) is 6.52. The summed E-state index contributed by atoms with van der Waals surface area (Å²) in [5.41, 5.74) is 1.32. The number of aryl methyl sites for hydroxylation is 1. The van der Waals surface area contributed by atoms with Crippen molar-refractivity contribution in [2.24, 2.45) is 0 Å². The molecule has 0 heterocycles. The Kier molecular flexibility index (Phi) is 6.54. The largest absolute Gasteiger partial charge is 0.206 e. The van der Waals surface area contributed by atoms with Gasteiger partial charge in [0, 0.05) is 16.7 Å². The molecular weight excluding hydrogens is 395 g/mol. The number of hydrogen-bond acceptors (Lipinski definition) is 0. The fourth-order valence-corrected chi connectivity index (χ4v) is 2.72. The highest BCUT2D eigenvalue weighted by molar-refractivity contribution is 5.48. The number of halogens is 5. The van der Waals surface area contributed by atoms with Crippen molar-refractivity contribution in [3.05, 3.63) is 105 Å². The lowest BCUT2D eigenvalue weighted by Crippen LogP contribution is -1.94. The lowest BCUT2D eigenvalue weighted by atomic mass is 10.1. The molecule has 150 valence electrons. The van der Waals surface area contributed by atoms with E-state index < -0.39 is 29.1 Å². The molecule has 3 aromatic rings. The van der Waals surface area contributed by atoms with Gasteiger partial charge in [-0.3, -0.25) is 0 Å². The highest BCUT2D eigenvalue weighted by atomic mass is 19.2. The van der Waals surface area contributed by atoms with Gasteiger partial charge in [0.1, 0.15) is 11.6 Å². The Labute approximate surface area is 171 Å². The van der Waals surface area contributed by atoms with E-state index >= 15 is 0 Å². The quantitative estimate of drug-likeness (QED) is 0.271. The molecule has 0 radical (unpaired) electrons. The fraction of sp³-hybridized carbons (Fsp3) is 0.120. The van der Waals surface area contributed by atoms with Crippen LogP contribution in [0.15, 0.2) is 48.5 Å². The van der Waals surface area contributed by atoms with Crippen molar-refractivity contribution < 1.29 is 22.0 Å². The summed E-state index contributed by atoms with van der Waals surface area (Å²) in [7, 11) is 0. The van der Waals surface area contributed by atoms with Crippen molar-refractivity contribution in [1.82, 2.24) is 0 Å². The standard InChI is InChI=1S/C25H15F5/c1-2-3-18-12-21(26)20(22(27)13-18)11-10-17-6-4-16(5-7-17)8-9-19-14-23(28)25(30)24(29)15-19/h4-7,12-15H,2-3H2,1H3. The second kappa shape index (κ2) is 9.29. The Morgan fingerprint density at radius 3 is 1.57 bits per heavy atom. The highest BCUT2D eigenvalue weighted by Crippen LogP contribution is 2.16. The maximum Gasteiger partial charge on any atom is 0.194 e. The third kappa shape index (κ3) is 5.07. The molecule has 0 aromatic heterocycles. The average molecular weight is 410 g/mol. The summed E-state index contributed by atoms with van der Waals surface area (Å²) in [6, 6.07) is 10.6. The third-order valence-electron chi connectivity index (χ3n) is 4.19. The van der Waals surface area contributed by atoms with Crippen molar-refractivity contribution in [3.63, 3.8) is 0 Å². The first-order valence-electron chi connectivity index (χ1n) is 9.14. The number of hydrogen-bond donors (Lipinski definition) is 0. The lowest BCUT2D eigenvalue weighted by Gasteiger charge is -2.02. The van der Waals surface area contributed by atoms with Crippen LogP contribution in [0, 0.1) is 52.8 Å². The minimum Gasteiger partial charge on any atom is -0.206 e. The molecule has 3 rings (SSSR count). The molecule has 0 atom stereocenters. The third-order valence-corrected chi connectivity index (χ3v) is 4.19. The summed E-state index contributed by atoms with van der Waals surface area (Å²) in [6.07, 6.45) is 1.37. The van der Waals surface area contributed by atoms with Gasteiger partial charge in [-0.15, -0.1) is 0 Å². The lowest BCUT2D eigenvalue weighted by molar-refractivity contribution is 0.446. The summed E-state index contributed by atoms with van der Waals surface area (Å²) >= 11 is 0. The van der Waals surface area contributed by atoms with E-state index in [4.69, 9.17) is 0 Å². The van der Waals surface area contributed by atoms with Crippen LogP contribution in [0.5, 0.6) is 0 Å². The summed E-state index contributed by atoms with van der Waals surface area (Å²) in [5.74, 6) is 4.87. The predicted octanol–water partition coefficient (Wildman–Crippen LogP) is 6.13. The van der Waals surface area contributed by atoms with Gasteiger partial charge < -0.3 is 0 Å². The van der Waals surface area contributed by atoms with Gasteiger partial charge in [0.05, 0.1) is 5.56 Å². The Balaban J connectivity index is 1.79. The van der Waals surface area contributed by atoms with Crippen molar-refractivity contribution in [1.29, 1.82) is 0 Å². The van der Waals surface area contributed by atoms with Gasteiger partial charge in [0.25, 0.3) is 0 Å². The molecule has 0 aliphatic heterocycles. The molecular formula is C25H15F5. The van der Waals surface area contributed by atoms with Crippen LogP contribution in [0.3, 0.4) is 0 Å². The number of rotatable bonds is 2. The van der Waals surface area contributed by atoms with Crippen LogP contribution in [0.1, 0.15) is 41.2 Å². The SMILES string of the molecule is CCCc1cc(F)c(C#Cc2ccc(C#Cc3cc(F)c(F)c(F)c3)cc2)c(F)c1. The normalized spacial score (nSPS) is 10.1. The molecule has 0 fully saturated rings. The maximum absolute atomic E-state index is 14.1. The van der Waals surface area contributed by atoms with Gasteiger partial charge in [-0.05, 0) is 60.5 Å². The molecule has 0 bridgehead atoms. The van der Waals surface area contributed by atoms with E-state index in [0.717, 1.165) is 18.6 Å². The van der Waals surface area contributed by atoms with Crippen LogP contribution in [0.25, 0.3) is 0 Å². The Hall–Kier alpha value is -3.57. The molecule has 0 saturated heterocycles. The zero-order chi connectivity index (χ0) is 21.7. The van der Waals surface area contributed by atoms with Crippen LogP contribution < -0.4 is 0 Å². The summed E-state index contributed by atoms with van der Waals surface area (Å²) < 4.78 is 67.6. The summed E-state index contributed by atoms with van der Waals surface area (Å²) in [6.45, 7) is 1.92. The first-order chi connectivity index (χ1) is 14.4. The van der Waals surface area contributed by atoms with Gasteiger partial charge in [-0.2, -0.15) is 0 Å². The van der Waals surface area contributed by atoms with E-state index in [1.54, 1.807) is 24.3 Å². The zero-order valence-electron chi connectivity index (χ0n) is 15.9. The van der Waals surface area contributed by atoms with Crippen LogP contribution >= 0.6 is 0 Å². The predicted molar refractivity (Wildman–Crippen MR) is 105 cm³/mol. The molecule has 0 aliphatic rings. The first-order valence-corrected chi connectivity index (χ1v) is 9.14. The van der Waals surface area contributed by atoms with E-state index in [1.165, 1.54) is 12.1 Å². The highest BCUT2D eigenvalue weighted by Gasteiger charge is 2.10. The average Bonchev–Trinajstić information content (AvgIpc) is 2.71. The molecule has 0 spiro atoms. The Morgan fingerprint density at radius 2 is 1.07 bits per heavy atom. The monoisotopic (exact) mass is 410 g/mol. The van der Waals surface area contributed by atoms with Crippen LogP contribution in [-0.2, 0) is 6.42 Å². The van der Waals surface area contributed by atoms with Crippen molar-refractivity contribution >= 4 is 0 Å². The van der Waals surface area contributed by atoms with E-state index in [-0.39, 0.29) is 11.1 Å². The molecule has 0 saturated carbocycles. The molecule has 0 unspecified atom stereocenters. The molecule has 0 amide bonds.